The van der Waals surface area contributed by atoms with Crippen LogP contribution in [0.4, 0.5) is 0 Å². The molecule has 0 fully saturated rings. The van der Waals surface area contributed by atoms with E-state index in [0.717, 1.165) is 0 Å². The van der Waals surface area contributed by atoms with Gasteiger partial charge in [0.25, 0.3) is 0 Å². The molecular weight excluding hydrogens is 146 g/mol. The molecule has 0 heterocycles. The van der Waals surface area contributed by atoms with Crippen LogP contribution in [0.3, 0.4) is 0 Å². The van der Waals surface area contributed by atoms with Gasteiger partial charge in [-0.05, 0) is 25.2 Å². The molecule has 0 spiro atoms. The molecule has 2 N–H and O–H groups in total. The van der Waals surface area contributed by atoms with E-state index >= 15 is 0 Å². The zero-order valence-electron chi connectivity index (χ0n) is 9.35. The molecular formula is C11H25N. The summed E-state index contributed by atoms with van der Waals surface area (Å²) in [5.41, 5.74) is 6.32. The Labute approximate surface area is 77.7 Å². The van der Waals surface area contributed by atoms with Crippen LogP contribution in [-0.2, 0) is 0 Å². The Kier molecular flexibility index (Phi) is 4.84. The van der Waals surface area contributed by atoms with E-state index in [1.165, 1.54) is 19.3 Å². The maximum atomic E-state index is 6.30. The molecule has 0 aromatic rings. The molecule has 0 aromatic heterocycles. The first kappa shape index (κ1) is 12.0. The number of hydrogen-bond donors (Lipinski definition) is 1. The Bertz CT molecular complexity index is 118. The van der Waals surface area contributed by atoms with Crippen LogP contribution >= 0.6 is 0 Å². The number of rotatable bonds is 5. The van der Waals surface area contributed by atoms with Crippen LogP contribution in [0.15, 0.2) is 0 Å². The van der Waals surface area contributed by atoms with Gasteiger partial charge in [-0.15, -0.1) is 0 Å². The van der Waals surface area contributed by atoms with Gasteiger partial charge in [0.2, 0.25) is 0 Å². The topological polar surface area (TPSA) is 26.0 Å². The van der Waals surface area contributed by atoms with Crippen molar-refractivity contribution in [3.63, 3.8) is 0 Å². The molecule has 0 saturated heterocycles. The minimum Gasteiger partial charge on any atom is -0.325 e. The molecule has 1 heteroatoms. The summed E-state index contributed by atoms with van der Waals surface area (Å²) in [6.45, 7) is 11.2. The van der Waals surface area contributed by atoms with Crippen LogP contribution in [0, 0.1) is 11.8 Å². The quantitative estimate of drug-likeness (QED) is 0.675. The van der Waals surface area contributed by atoms with Crippen molar-refractivity contribution in [2.45, 2.75) is 59.4 Å². The highest BCUT2D eigenvalue weighted by molar-refractivity contribution is 4.88. The van der Waals surface area contributed by atoms with Crippen LogP contribution in [0.5, 0.6) is 0 Å². The maximum Gasteiger partial charge on any atom is 0.0177 e. The molecule has 3 atom stereocenters. The van der Waals surface area contributed by atoms with Crippen molar-refractivity contribution < 1.29 is 0 Å². The lowest BCUT2D eigenvalue weighted by atomic mass is 9.75. The van der Waals surface area contributed by atoms with E-state index in [2.05, 4.69) is 34.6 Å². The molecule has 3 unspecified atom stereocenters. The average Bonchev–Trinajstić information content (AvgIpc) is 2.03. The molecule has 0 rings (SSSR count). The minimum atomic E-state index is 0.0186. The number of hydrogen-bond acceptors (Lipinski definition) is 1. The average molecular weight is 171 g/mol. The van der Waals surface area contributed by atoms with Crippen LogP contribution in [0.2, 0.25) is 0 Å². The summed E-state index contributed by atoms with van der Waals surface area (Å²) >= 11 is 0. The molecule has 0 amide bonds. The van der Waals surface area contributed by atoms with Crippen LogP contribution in [0.1, 0.15) is 53.9 Å². The van der Waals surface area contributed by atoms with Gasteiger partial charge >= 0.3 is 0 Å². The smallest absolute Gasteiger partial charge is 0.0177 e. The lowest BCUT2D eigenvalue weighted by Crippen LogP contribution is -2.48. The Morgan fingerprint density at radius 1 is 1.17 bits per heavy atom. The predicted molar refractivity (Wildman–Crippen MR) is 56.1 cm³/mol. The summed E-state index contributed by atoms with van der Waals surface area (Å²) in [6.07, 6.45) is 3.67. The predicted octanol–water partition coefficient (Wildman–Crippen LogP) is 3.19. The molecule has 0 bridgehead atoms. The standard InChI is InChI=1S/C11H25N/c1-6-8-10(4)11(5,12)9(3)7-2/h9-10H,6-8,12H2,1-5H3. The molecule has 1 nitrogen and oxygen atoms in total. The summed E-state index contributed by atoms with van der Waals surface area (Å²) in [5.74, 6) is 1.26. The normalized spacial score (nSPS) is 21.5. The second kappa shape index (κ2) is 4.86. The van der Waals surface area contributed by atoms with Gasteiger partial charge in [0.1, 0.15) is 0 Å². The number of nitrogens with two attached hydrogens (primary N) is 1. The highest BCUT2D eigenvalue weighted by Gasteiger charge is 2.30. The van der Waals surface area contributed by atoms with E-state index in [4.69, 9.17) is 5.73 Å². The Hall–Kier alpha value is -0.0400. The fourth-order valence-electron chi connectivity index (χ4n) is 1.67. The summed E-state index contributed by atoms with van der Waals surface area (Å²) < 4.78 is 0. The molecule has 0 saturated carbocycles. The van der Waals surface area contributed by atoms with Gasteiger partial charge in [-0.25, -0.2) is 0 Å². The SMILES string of the molecule is CCCC(C)C(C)(N)C(C)CC. The molecule has 12 heavy (non-hydrogen) atoms. The molecule has 0 radical (unpaired) electrons. The van der Waals surface area contributed by atoms with Crippen molar-refractivity contribution in [3.05, 3.63) is 0 Å². The fourth-order valence-corrected chi connectivity index (χ4v) is 1.67. The third-order valence-electron chi connectivity index (χ3n) is 3.46. The summed E-state index contributed by atoms with van der Waals surface area (Å²) in [6, 6.07) is 0. The van der Waals surface area contributed by atoms with E-state index < -0.39 is 0 Å². The summed E-state index contributed by atoms with van der Waals surface area (Å²) in [7, 11) is 0. The molecule has 0 aromatic carbocycles. The van der Waals surface area contributed by atoms with Gasteiger partial charge < -0.3 is 5.73 Å². The molecule has 0 aliphatic heterocycles. The van der Waals surface area contributed by atoms with Gasteiger partial charge in [0.15, 0.2) is 0 Å². The van der Waals surface area contributed by atoms with Crippen molar-refractivity contribution in [2.75, 3.05) is 0 Å². The zero-order chi connectivity index (χ0) is 9.78. The molecule has 74 valence electrons. The van der Waals surface area contributed by atoms with Crippen molar-refractivity contribution in [1.82, 2.24) is 0 Å². The van der Waals surface area contributed by atoms with E-state index in [0.29, 0.717) is 11.8 Å². The first-order valence-corrected chi connectivity index (χ1v) is 5.25. The Morgan fingerprint density at radius 2 is 1.67 bits per heavy atom. The second-order valence-electron chi connectivity index (χ2n) is 4.37. The van der Waals surface area contributed by atoms with Crippen LogP contribution in [-0.4, -0.2) is 5.54 Å². The molecule has 0 aliphatic rings. The van der Waals surface area contributed by atoms with Gasteiger partial charge in [0.05, 0.1) is 0 Å². The van der Waals surface area contributed by atoms with E-state index in [1.807, 2.05) is 0 Å². The van der Waals surface area contributed by atoms with E-state index in [1.54, 1.807) is 0 Å². The van der Waals surface area contributed by atoms with Gasteiger partial charge in [-0.3, -0.25) is 0 Å². The lowest BCUT2D eigenvalue weighted by molar-refractivity contribution is 0.204. The maximum absolute atomic E-state index is 6.30. The fraction of sp³-hybridized carbons (Fsp3) is 1.00. The Balaban J connectivity index is 4.16. The largest absolute Gasteiger partial charge is 0.325 e. The minimum absolute atomic E-state index is 0.0186. The highest BCUT2D eigenvalue weighted by atomic mass is 14.8. The first-order valence-electron chi connectivity index (χ1n) is 5.25. The van der Waals surface area contributed by atoms with Crippen molar-refractivity contribution >= 4 is 0 Å². The summed E-state index contributed by atoms with van der Waals surface area (Å²) in [4.78, 5) is 0. The van der Waals surface area contributed by atoms with E-state index in [-0.39, 0.29) is 5.54 Å². The highest BCUT2D eigenvalue weighted by Crippen LogP contribution is 2.28. The lowest BCUT2D eigenvalue weighted by Gasteiger charge is -2.37. The monoisotopic (exact) mass is 171 g/mol. The Morgan fingerprint density at radius 3 is 2.00 bits per heavy atom. The van der Waals surface area contributed by atoms with E-state index in [9.17, 15) is 0 Å². The van der Waals surface area contributed by atoms with Crippen LogP contribution < -0.4 is 5.73 Å². The third-order valence-corrected chi connectivity index (χ3v) is 3.46. The first-order chi connectivity index (χ1) is 5.46. The van der Waals surface area contributed by atoms with Gasteiger partial charge in [-0.1, -0.05) is 40.5 Å². The summed E-state index contributed by atoms with van der Waals surface area (Å²) in [5, 5.41) is 0. The van der Waals surface area contributed by atoms with Crippen LogP contribution in [0.25, 0.3) is 0 Å². The van der Waals surface area contributed by atoms with Gasteiger partial charge in [0, 0.05) is 5.54 Å². The zero-order valence-corrected chi connectivity index (χ0v) is 9.35. The molecule has 0 aliphatic carbocycles. The third kappa shape index (κ3) is 2.78. The van der Waals surface area contributed by atoms with Gasteiger partial charge in [-0.2, -0.15) is 0 Å². The van der Waals surface area contributed by atoms with Crippen molar-refractivity contribution in [3.8, 4) is 0 Å². The van der Waals surface area contributed by atoms with Crippen molar-refractivity contribution in [2.24, 2.45) is 17.6 Å². The van der Waals surface area contributed by atoms with Crippen molar-refractivity contribution in [1.29, 1.82) is 0 Å². The second-order valence-corrected chi connectivity index (χ2v) is 4.37.